The lowest BCUT2D eigenvalue weighted by Crippen LogP contribution is -2.32. The Kier molecular flexibility index (Phi) is 28.1. The molecule has 9 aromatic rings. The Morgan fingerprint density at radius 2 is 0.935 bits per heavy atom. The Labute approximate surface area is 538 Å². The monoisotopic (exact) mass is 1260 g/mol. The number of nitrogens with two attached hydrogens (primary N) is 1. The molecule has 6 aromatic heterocycles. The van der Waals surface area contributed by atoms with Crippen molar-refractivity contribution in [2.24, 2.45) is 27.8 Å². The summed E-state index contributed by atoms with van der Waals surface area (Å²) in [6.45, 7) is 15.6. The van der Waals surface area contributed by atoms with Crippen molar-refractivity contribution in [3.05, 3.63) is 169 Å². The summed E-state index contributed by atoms with van der Waals surface area (Å²) in [5.41, 5.74) is 14.7. The van der Waals surface area contributed by atoms with Gasteiger partial charge in [-0.1, -0.05) is 12.1 Å². The molecular formula is C67H87F3N22. The predicted molar refractivity (Wildman–Crippen MR) is 366 cm³/mol. The number of hydrogen-bond donors (Lipinski definition) is 5. The summed E-state index contributed by atoms with van der Waals surface area (Å²) >= 11 is 0. The Morgan fingerprint density at radius 1 is 0.543 bits per heavy atom. The molecule has 2 saturated heterocycles. The minimum atomic E-state index is -0.268. The molecule has 2 aliphatic rings. The summed E-state index contributed by atoms with van der Waals surface area (Å²) < 4.78 is 43.0. The molecule has 22 nitrogen and oxygen atoms in total. The van der Waals surface area contributed by atoms with Crippen LogP contribution in [0.4, 0.5) is 37.0 Å². The van der Waals surface area contributed by atoms with Crippen LogP contribution in [-0.2, 0) is 7.05 Å². The number of halogens is 3. The van der Waals surface area contributed by atoms with E-state index in [0.29, 0.717) is 35.9 Å². The molecule has 486 valence electrons. The van der Waals surface area contributed by atoms with Crippen molar-refractivity contribution >= 4 is 42.9 Å². The number of piperidine rings is 2. The first kappa shape index (κ1) is 71.4. The van der Waals surface area contributed by atoms with E-state index in [1.165, 1.54) is 36.4 Å². The fraction of sp³-hybridized carbons (Fsp3) is 0.358. The number of aryl methyl sites for hydroxylation is 1. The van der Waals surface area contributed by atoms with Crippen molar-refractivity contribution in [2.45, 2.75) is 77.0 Å². The molecule has 2 fully saturated rings. The number of anilines is 4. The Morgan fingerprint density at radius 3 is 1.38 bits per heavy atom. The van der Waals surface area contributed by atoms with Crippen LogP contribution in [0.2, 0.25) is 0 Å². The van der Waals surface area contributed by atoms with Gasteiger partial charge in [0.05, 0.1) is 70.3 Å². The lowest BCUT2D eigenvalue weighted by atomic mass is 10.0. The topological polar surface area (TPSA) is 256 Å². The fourth-order valence-corrected chi connectivity index (χ4v) is 9.19. The molecule has 6 N–H and O–H groups in total. The zero-order chi connectivity index (χ0) is 66.6. The first-order valence-electron chi connectivity index (χ1n) is 30.2. The van der Waals surface area contributed by atoms with Crippen molar-refractivity contribution in [1.29, 1.82) is 0 Å². The molecule has 0 bridgehead atoms. The van der Waals surface area contributed by atoms with E-state index >= 15 is 0 Å². The summed E-state index contributed by atoms with van der Waals surface area (Å²) in [7, 11) is 15.1. The van der Waals surface area contributed by atoms with Gasteiger partial charge in [-0.25, -0.2) is 63.0 Å². The van der Waals surface area contributed by atoms with Crippen LogP contribution in [-0.4, -0.2) is 175 Å². The molecule has 3 aromatic carbocycles. The molecule has 0 spiro atoms. The largest absolute Gasteiger partial charge is 0.357 e. The minimum Gasteiger partial charge on any atom is -0.357 e. The minimum absolute atomic E-state index is 0. The molecule has 0 radical (unpaired) electrons. The Balaban J connectivity index is 0.000000186. The van der Waals surface area contributed by atoms with E-state index in [1.807, 2.05) is 77.1 Å². The van der Waals surface area contributed by atoms with Gasteiger partial charge in [0.25, 0.3) is 0 Å². The van der Waals surface area contributed by atoms with Crippen LogP contribution in [0.1, 0.15) is 82.4 Å². The first-order chi connectivity index (χ1) is 44.2. The lowest BCUT2D eigenvalue weighted by Gasteiger charge is -2.30. The second-order valence-electron chi connectivity index (χ2n) is 22.6. The number of rotatable bonds is 14. The van der Waals surface area contributed by atoms with E-state index < -0.39 is 0 Å². The van der Waals surface area contributed by atoms with Gasteiger partial charge in [0, 0.05) is 102 Å². The van der Waals surface area contributed by atoms with Gasteiger partial charge in [0.1, 0.15) is 17.5 Å². The summed E-state index contributed by atoms with van der Waals surface area (Å²) in [5, 5.41) is 11.7. The highest BCUT2D eigenvalue weighted by Crippen LogP contribution is 2.36. The van der Waals surface area contributed by atoms with Crippen LogP contribution in [0, 0.1) is 17.5 Å². The number of likely N-dealkylation sites (tertiary alicyclic amines) is 2. The summed E-state index contributed by atoms with van der Waals surface area (Å²) in [6.07, 6.45) is 18.4. The number of nitrogens with zero attached hydrogens (tertiary/aromatic N) is 17. The molecule has 8 heterocycles. The number of aromatic nitrogens is 12. The van der Waals surface area contributed by atoms with Crippen molar-refractivity contribution in [2.75, 3.05) is 96.8 Å². The van der Waals surface area contributed by atoms with Gasteiger partial charge in [-0.3, -0.25) is 15.0 Å². The summed E-state index contributed by atoms with van der Waals surface area (Å²) in [4.78, 5) is 59.9. The third-order valence-electron chi connectivity index (χ3n) is 14.1. The molecule has 1 unspecified atom stereocenters. The van der Waals surface area contributed by atoms with Crippen LogP contribution in [0.3, 0.4) is 0 Å². The van der Waals surface area contributed by atoms with Crippen molar-refractivity contribution in [3.8, 4) is 45.3 Å². The molecule has 2 aliphatic heterocycles. The highest BCUT2D eigenvalue weighted by atomic mass is 19.1. The maximum atomic E-state index is 13.4. The van der Waals surface area contributed by atoms with Crippen molar-refractivity contribution < 1.29 is 13.2 Å². The molecule has 0 amide bonds. The molecule has 25 heteroatoms. The highest BCUT2D eigenvalue weighted by molar-refractivity contribution is 5.79. The Bertz CT molecular complexity index is 3700. The standard InChI is InChI=1S/C20H23FN6.C15H14FN5.C12H19N5.C9H10FN.C7H10N4.C4H11N/c1-22-20-23-10-7-17(25-20)19-18(14-3-5-15(21)6-4-14)24-13-27(19)16-8-11-26(2)12-9-16;1-17-15-18-8-7-12(20-15)14-13(19-9-21(14)2)10-3-5-11(16)6-4-10;1-13-12-14-6-3-11(16-12)9-15-10-4-7-17(2)8-5-10;1-7(11-2)8-3-5-9(10)6-4-8;1-8-5-6-3-4-10-7(9-2)11-6;1-4(2,3)5/h3-7,10,13,16H,8-9,11-12H2,1-2H3,(H,22,23,25);3-9H,1-2H3,(H,17,18,20);3,6,9-10H,4-5,7-8H2,1-2H3,(H,13,14,16);3-7H,2H2,1H3;3-5H,1-2H3,(H,9,10,11);5H2,1-3H3. The van der Waals surface area contributed by atoms with Crippen molar-refractivity contribution in [3.63, 3.8) is 0 Å². The third-order valence-corrected chi connectivity index (χ3v) is 14.1. The van der Waals surface area contributed by atoms with E-state index in [0.717, 1.165) is 114 Å². The number of nitrogens with one attached hydrogen (secondary N) is 4. The zero-order valence-corrected chi connectivity index (χ0v) is 54.8. The van der Waals surface area contributed by atoms with Gasteiger partial charge >= 0.3 is 0 Å². The quantitative estimate of drug-likeness (QED) is 0.0634. The average molecular weight is 1260 g/mol. The SMILES string of the molecule is C=NC(C)c1ccc(F)cc1.CC(C)(C)N.CN=Cc1ccnc(NC)n1.CNc1nccc(-c2c(-c3ccc(F)cc3)ncn2C)n1.CNc1nccc(-c2c(-c3ccc(F)cc3)ncn2C2CCN(C)CC2)n1.CNc1nccc(C=NC2CCN(C)CC2)n1. The van der Waals surface area contributed by atoms with E-state index in [-0.39, 0.29) is 29.0 Å². The van der Waals surface area contributed by atoms with E-state index in [2.05, 4.69) is 121 Å². The molecule has 11 rings (SSSR count). The van der Waals surface area contributed by atoms with E-state index in [9.17, 15) is 13.2 Å². The van der Waals surface area contributed by atoms with Gasteiger partial charge in [0.15, 0.2) is 0 Å². The zero-order valence-electron chi connectivity index (χ0n) is 54.8. The van der Waals surface area contributed by atoms with Gasteiger partial charge < -0.3 is 45.9 Å². The second kappa shape index (κ2) is 36.2. The number of aliphatic imine (C=N–C) groups is 3. The van der Waals surface area contributed by atoms with Crippen LogP contribution in [0.15, 0.2) is 149 Å². The van der Waals surface area contributed by atoms with Gasteiger partial charge in [-0.05, 0) is 191 Å². The molecule has 0 saturated carbocycles. The maximum Gasteiger partial charge on any atom is 0.222 e. The highest BCUT2D eigenvalue weighted by Gasteiger charge is 2.25. The lowest BCUT2D eigenvalue weighted by molar-refractivity contribution is 0.222. The predicted octanol–water partition coefficient (Wildman–Crippen LogP) is 11.1. The molecular weight excluding hydrogens is 1170 g/mol. The summed E-state index contributed by atoms with van der Waals surface area (Å²) in [5.74, 6) is 1.61. The maximum absolute atomic E-state index is 13.4. The van der Waals surface area contributed by atoms with Crippen LogP contribution in [0.25, 0.3) is 45.3 Å². The smallest absolute Gasteiger partial charge is 0.222 e. The number of benzene rings is 3. The fourth-order valence-electron chi connectivity index (χ4n) is 9.19. The number of imidazole rings is 2. The van der Waals surface area contributed by atoms with Gasteiger partial charge in [-0.2, -0.15) is 0 Å². The van der Waals surface area contributed by atoms with Gasteiger partial charge in [0.2, 0.25) is 23.8 Å². The summed E-state index contributed by atoms with van der Waals surface area (Å²) in [6, 6.07) is 27.3. The molecule has 92 heavy (non-hydrogen) atoms. The van der Waals surface area contributed by atoms with Crippen LogP contribution in [0.5, 0.6) is 0 Å². The Hall–Kier alpha value is -9.72. The van der Waals surface area contributed by atoms with Crippen LogP contribution >= 0.6 is 0 Å². The normalized spacial score (nSPS) is 13.9. The molecule has 1 atom stereocenters. The second-order valence-corrected chi connectivity index (χ2v) is 22.6. The number of hydrogen-bond acceptors (Lipinski definition) is 20. The molecule has 0 aliphatic carbocycles. The average Bonchev–Trinajstić information content (AvgIpc) is 1.62. The van der Waals surface area contributed by atoms with Crippen LogP contribution < -0.4 is 27.0 Å². The van der Waals surface area contributed by atoms with Gasteiger partial charge in [-0.15, -0.1) is 0 Å². The third kappa shape index (κ3) is 22.9. The first-order valence-corrected chi connectivity index (χ1v) is 30.2. The van der Waals surface area contributed by atoms with Crippen molar-refractivity contribution in [1.82, 2.24) is 68.8 Å². The van der Waals surface area contributed by atoms with E-state index in [1.54, 1.807) is 108 Å². The van der Waals surface area contributed by atoms with E-state index in [4.69, 9.17) is 5.73 Å².